The minimum atomic E-state index is -0.148. The van der Waals surface area contributed by atoms with Gasteiger partial charge in [0.1, 0.15) is 5.82 Å². The van der Waals surface area contributed by atoms with Crippen LogP contribution in [0.1, 0.15) is 46.1 Å². The molecular weight excluding hydrogens is 271 g/mol. The summed E-state index contributed by atoms with van der Waals surface area (Å²) in [6.07, 6.45) is 1.04. The zero-order chi connectivity index (χ0) is 14.7. The molecule has 0 fully saturated rings. The zero-order valence-corrected chi connectivity index (χ0v) is 13.3. The maximum atomic E-state index is 13.8. The van der Waals surface area contributed by atoms with Gasteiger partial charge in [-0.3, -0.25) is 0 Å². The summed E-state index contributed by atoms with van der Waals surface area (Å²) in [6.45, 7) is 8.84. The molecule has 1 aromatic heterocycles. The van der Waals surface area contributed by atoms with Crippen molar-refractivity contribution in [1.29, 1.82) is 0 Å². The van der Waals surface area contributed by atoms with Crippen LogP contribution in [0.2, 0.25) is 0 Å². The van der Waals surface area contributed by atoms with Crippen LogP contribution in [0, 0.1) is 26.6 Å². The summed E-state index contributed by atoms with van der Waals surface area (Å²) >= 11 is 1.68. The van der Waals surface area contributed by atoms with Crippen molar-refractivity contribution in [3.63, 3.8) is 0 Å². The van der Waals surface area contributed by atoms with E-state index in [9.17, 15) is 4.39 Å². The van der Waals surface area contributed by atoms with E-state index in [0.717, 1.165) is 29.2 Å². The Balaban J connectivity index is 2.41. The van der Waals surface area contributed by atoms with Gasteiger partial charge in [0.05, 0.1) is 16.7 Å². The van der Waals surface area contributed by atoms with Gasteiger partial charge in [0, 0.05) is 4.88 Å². The highest BCUT2D eigenvalue weighted by atomic mass is 32.1. The topological polar surface area (TPSA) is 24.9 Å². The smallest absolute Gasteiger partial charge is 0.126 e. The first-order valence-corrected chi connectivity index (χ1v) is 7.78. The van der Waals surface area contributed by atoms with Crippen molar-refractivity contribution >= 4 is 11.3 Å². The average Bonchev–Trinajstić information content (AvgIpc) is 2.73. The fourth-order valence-corrected chi connectivity index (χ4v) is 3.29. The largest absolute Gasteiger partial charge is 0.306 e. The van der Waals surface area contributed by atoms with Crippen LogP contribution in [0.4, 0.5) is 4.39 Å². The number of nitrogens with one attached hydrogen (secondary N) is 1. The van der Waals surface area contributed by atoms with Crippen LogP contribution in [0.15, 0.2) is 18.2 Å². The van der Waals surface area contributed by atoms with Gasteiger partial charge in [-0.25, -0.2) is 9.37 Å². The molecular formula is C16H21FN2S. The molecule has 0 radical (unpaired) electrons. The first-order chi connectivity index (χ1) is 9.52. The maximum absolute atomic E-state index is 13.8. The van der Waals surface area contributed by atoms with Gasteiger partial charge < -0.3 is 5.32 Å². The van der Waals surface area contributed by atoms with E-state index < -0.39 is 0 Å². The second kappa shape index (κ2) is 6.46. The van der Waals surface area contributed by atoms with E-state index in [1.54, 1.807) is 24.3 Å². The summed E-state index contributed by atoms with van der Waals surface area (Å²) in [5.74, 6) is -0.148. The number of hydrogen-bond acceptors (Lipinski definition) is 3. The van der Waals surface area contributed by atoms with E-state index in [1.807, 2.05) is 26.0 Å². The molecule has 1 heterocycles. The molecule has 0 saturated heterocycles. The average molecular weight is 292 g/mol. The number of aromatic nitrogens is 1. The molecule has 2 aromatic rings. The number of rotatable bonds is 5. The second-order valence-electron chi connectivity index (χ2n) is 5.08. The molecule has 1 atom stereocenters. The molecule has 4 heteroatoms. The van der Waals surface area contributed by atoms with Crippen molar-refractivity contribution in [2.75, 3.05) is 6.54 Å². The summed E-state index contributed by atoms with van der Waals surface area (Å²) in [7, 11) is 0. The molecule has 0 aliphatic heterocycles. The van der Waals surface area contributed by atoms with Gasteiger partial charge in [-0.1, -0.05) is 19.1 Å². The Hall–Kier alpha value is -1.26. The fourth-order valence-electron chi connectivity index (χ4n) is 2.25. The van der Waals surface area contributed by atoms with Crippen molar-refractivity contribution in [3.05, 3.63) is 50.7 Å². The fraction of sp³-hybridized carbons (Fsp3) is 0.438. The van der Waals surface area contributed by atoms with Gasteiger partial charge >= 0.3 is 0 Å². The lowest BCUT2D eigenvalue weighted by Crippen LogP contribution is -2.23. The van der Waals surface area contributed by atoms with E-state index in [1.165, 1.54) is 4.88 Å². The summed E-state index contributed by atoms with van der Waals surface area (Å²) < 4.78 is 13.8. The lowest BCUT2D eigenvalue weighted by atomic mass is 10.0. The molecule has 2 rings (SSSR count). The number of nitrogens with zero attached hydrogens (tertiary/aromatic N) is 1. The summed E-state index contributed by atoms with van der Waals surface area (Å²) in [5.41, 5.74) is 2.68. The molecule has 0 amide bonds. The number of thiazole rings is 1. The standard InChI is InChI=1S/C16H21FN2S/c1-5-8-18-15(16-11(3)19-12(4)20-16)13-7-6-10(2)14(17)9-13/h6-7,9,15,18H,5,8H2,1-4H3. The van der Waals surface area contributed by atoms with E-state index in [2.05, 4.69) is 17.2 Å². The predicted octanol–water partition coefficient (Wildman–Crippen LogP) is 4.30. The summed E-state index contributed by atoms with van der Waals surface area (Å²) in [5, 5.41) is 4.56. The van der Waals surface area contributed by atoms with Gasteiger partial charge in [0.25, 0.3) is 0 Å². The van der Waals surface area contributed by atoms with Gasteiger partial charge in [-0.15, -0.1) is 11.3 Å². The number of hydrogen-bond donors (Lipinski definition) is 1. The van der Waals surface area contributed by atoms with Crippen LogP contribution in [0.3, 0.4) is 0 Å². The van der Waals surface area contributed by atoms with Crippen molar-refractivity contribution < 1.29 is 4.39 Å². The van der Waals surface area contributed by atoms with Crippen molar-refractivity contribution in [2.24, 2.45) is 0 Å². The molecule has 0 aliphatic rings. The Morgan fingerprint density at radius 3 is 2.60 bits per heavy atom. The Labute approximate surface area is 124 Å². The Morgan fingerprint density at radius 1 is 1.30 bits per heavy atom. The van der Waals surface area contributed by atoms with Gasteiger partial charge in [-0.05, 0) is 50.9 Å². The van der Waals surface area contributed by atoms with E-state index >= 15 is 0 Å². The third-order valence-electron chi connectivity index (χ3n) is 3.33. The van der Waals surface area contributed by atoms with Crippen LogP contribution in [-0.2, 0) is 0 Å². The third kappa shape index (κ3) is 3.25. The quantitative estimate of drug-likeness (QED) is 0.889. The van der Waals surface area contributed by atoms with Crippen molar-refractivity contribution in [2.45, 2.75) is 40.2 Å². The van der Waals surface area contributed by atoms with E-state index in [-0.39, 0.29) is 11.9 Å². The number of aryl methyl sites for hydroxylation is 3. The molecule has 0 saturated carbocycles. The maximum Gasteiger partial charge on any atom is 0.126 e. The molecule has 1 N–H and O–H groups in total. The molecule has 2 nitrogen and oxygen atoms in total. The molecule has 0 aliphatic carbocycles. The van der Waals surface area contributed by atoms with Crippen LogP contribution >= 0.6 is 11.3 Å². The van der Waals surface area contributed by atoms with Crippen LogP contribution in [0.5, 0.6) is 0 Å². The lowest BCUT2D eigenvalue weighted by molar-refractivity contribution is 0.585. The molecule has 1 aromatic carbocycles. The van der Waals surface area contributed by atoms with Crippen LogP contribution in [0.25, 0.3) is 0 Å². The monoisotopic (exact) mass is 292 g/mol. The highest BCUT2D eigenvalue weighted by Gasteiger charge is 2.19. The van der Waals surface area contributed by atoms with Crippen LogP contribution < -0.4 is 5.32 Å². The van der Waals surface area contributed by atoms with E-state index in [0.29, 0.717) is 5.56 Å². The Kier molecular flexibility index (Phi) is 4.89. The summed E-state index contributed by atoms with van der Waals surface area (Å²) in [4.78, 5) is 5.67. The SMILES string of the molecule is CCCNC(c1ccc(C)c(F)c1)c1sc(C)nc1C. The first kappa shape index (κ1) is 15.1. The molecule has 108 valence electrons. The minimum absolute atomic E-state index is 0.0243. The van der Waals surface area contributed by atoms with Crippen molar-refractivity contribution in [3.8, 4) is 0 Å². The summed E-state index contributed by atoms with van der Waals surface area (Å²) in [6, 6.07) is 5.50. The van der Waals surface area contributed by atoms with Crippen LogP contribution in [-0.4, -0.2) is 11.5 Å². The second-order valence-corrected chi connectivity index (χ2v) is 6.31. The minimum Gasteiger partial charge on any atom is -0.306 e. The molecule has 1 unspecified atom stereocenters. The number of halogens is 1. The molecule has 20 heavy (non-hydrogen) atoms. The van der Waals surface area contributed by atoms with Gasteiger partial charge in [0.15, 0.2) is 0 Å². The predicted molar refractivity (Wildman–Crippen MR) is 82.9 cm³/mol. The normalized spacial score (nSPS) is 12.7. The highest BCUT2D eigenvalue weighted by molar-refractivity contribution is 7.11. The van der Waals surface area contributed by atoms with Gasteiger partial charge in [0.2, 0.25) is 0 Å². The van der Waals surface area contributed by atoms with Gasteiger partial charge in [-0.2, -0.15) is 0 Å². The lowest BCUT2D eigenvalue weighted by Gasteiger charge is -2.19. The number of benzene rings is 1. The highest BCUT2D eigenvalue weighted by Crippen LogP contribution is 2.30. The first-order valence-electron chi connectivity index (χ1n) is 6.96. The molecule has 0 spiro atoms. The van der Waals surface area contributed by atoms with Crippen molar-refractivity contribution in [1.82, 2.24) is 10.3 Å². The third-order valence-corrected chi connectivity index (χ3v) is 4.47. The zero-order valence-electron chi connectivity index (χ0n) is 12.5. The Bertz CT molecular complexity index is 592. The Morgan fingerprint density at radius 2 is 2.05 bits per heavy atom. The molecule has 0 bridgehead atoms. The van der Waals surface area contributed by atoms with E-state index in [4.69, 9.17) is 0 Å².